The van der Waals surface area contributed by atoms with E-state index in [9.17, 15) is 14.4 Å². The number of hydrogen-bond donors (Lipinski definition) is 2. The summed E-state index contributed by atoms with van der Waals surface area (Å²) in [6.07, 6.45) is 0. The van der Waals surface area contributed by atoms with Gasteiger partial charge in [0.25, 0.3) is 11.8 Å². The Morgan fingerprint density at radius 1 is 1.00 bits per heavy atom. The van der Waals surface area contributed by atoms with Crippen LogP contribution >= 0.6 is 34.5 Å². The Bertz CT molecular complexity index is 1210. The van der Waals surface area contributed by atoms with Gasteiger partial charge in [-0.1, -0.05) is 47.0 Å². The molecular formula is C23H20Cl2N2O4S. The summed E-state index contributed by atoms with van der Waals surface area (Å²) in [5, 5.41) is 6.18. The van der Waals surface area contributed by atoms with Crippen LogP contribution in [0.2, 0.25) is 10.0 Å². The van der Waals surface area contributed by atoms with E-state index in [1.165, 1.54) is 0 Å². The number of rotatable bonds is 6. The van der Waals surface area contributed by atoms with Gasteiger partial charge < -0.3 is 15.4 Å². The van der Waals surface area contributed by atoms with Crippen LogP contribution < -0.4 is 10.6 Å². The number of ether oxygens (including phenoxy) is 1. The molecule has 1 heterocycles. The lowest BCUT2D eigenvalue weighted by Crippen LogP contribution is -2.15. The van der Waals surface area contributed by atoms with E-state index >= 15 is 0 Å². The fraction of sp³-hybridized carbons (Fsp3) is 0.174. The maximum atomic E-state index is 13.0. The SMILES string of the molecule is CCOC(=O)c1c(NC(=O)c2cccc(C)c2)sc(C(=O)Nc2cccc(Cl)c2Cl)c1C. The molecule has 32 heavy (non-hydrogen) atoms. The lowest BCUT2D eigenvalue weighted by atomic mass is 10.1. The van der Waals surface area contributed by atoms with Gasteiger partial charge in [0.2, 0.25) is 0 Å². The van der Waals surface area contributed by atoms with Crippen molar-refractivity contribution < 1.29 is 19.1 Å². The fourth-order valence-electron chi connectivity index (χ4n) is 3.01. The van der Waals surface area contributed by atoms with Crippen LogP contribution in [0.3, 0.4) is 0 Å². The standard InChI is InChI=1S/C23H20Cl2N2O4S/c1-4-31-23(30)17-13(3)19(21(29)26-16-10-6-9-15(24)18(16)25)32-22(17)27-20(28)14-8-5-7-12(2)11-14/h5-11H,4H2,1-3H3,(H,26,29)(H,27,28). The third kappa shape index (κ3) is 5.12. The fourth-order valence-corrected chi connectivity index (χ4v) is 4.44. The van der Waals surface area contributed by atoms with E-state index in [4.69, 9.17) is 27.9 Å². The maximum absolute atomic E-state index is 13.0. The van der Waals surface area contributed by atoms with Gasteiger partial charge in [-0.05, 0) is 50.6 Å². The Kier molecular flexibility index (Phi) is 7.56. The smallest absolute Gasteiger partial charge is 0.341 e. The van der Waals surface area contributed by atoms with Crippen LogP contribution in [-0.2, 0) is 4.74 Å². The molecule has 6 nitrogen and oxygen atoms in total. The molecule has 9 heteroatoms. The van der Waals surface area contributed by atoms with Gasteiger partial charge in [0.15, 0.2) is 0 Å². The predicted octanol–water partition coefficient (Wildman–Crippen LogP) is 6.35. The topological polar surface area (TPSA) is 84.5 Å². The first-order chi connectivity index (χ1) is 15.2. The first kappa shape index (κ1) is 23.8. The number of halogens is 2. The quantitative estimate of drug-likeness (QED) is 0.394. The third-order valence-electron chi connectivity index (χ3n) is 4.54. The van der Waals surface area contributed by atoms with Crippen LogP contribution in [0.1, 0.15) is 48.4 Å². The summed E-state index contributed by atoms with van der Waals surface area (Å²) < 4.78 is 5.15. The molecule has 0 spiro atoms. The number of benzene rings is 2. The van der Waals surface area contributed by atoms with Gasteiger partial charge in [-0.25, -0.2) is 4.79 Å². The molecule has 0 unspecified atom stereocenters. The van der Waals surface area contributed by atoms with Gasteiger partial charge in [-0.3, -0.25) is 9.59 Å². The second kappa shape index (κ2) is 10.2. The summed E-state index contributed by atoms with van der Waals surface area (Å²) in [6.45, 7) is 5.33. The zero-order valence-electron chi connectivity index (χ0n) is 17.5. The van der Waals surface area contributed by atoms with Crippen LogP contribution in [0.25, 0.3) is 0 Å². The number of carbonyl (C=O) groups excluding carboxylic acids is 3. The number of hydrogen-bond acceptors (Lipinski definition) is 5. The van der Waals surface area contributed by atoms with E-state index in [2.05, 4.69) is 10.6 Å². The Hall–Kier alpha value is -2.87. The first-order valence-electron chi connectivity index (χ1n) is 9.66. The molecule has 3 rings (SSSR count). The van der Waals surface area contributed by atoms with E-state index in [1.807, 2.05) is 13.0 Å². The van der Waals surface area contributed by atoms with Crippen molar-refractivity contribution in [3.05, 3.63) is 79.6 Å². The minimum atomic E-state index is -0.624. The van der Waals surface area contributed by atoms with E-state index in [-0.39, 0.29) is 27.1 Å². The van der Waals surface area contributed by atoms with Crippen LogP contribution in [0.4, 0.5) is 10.7 Å². The normalized spacial score (nSPS) is 10.5. The minimum absolute atomic E-state index is 0.139. The van der Waals surface area contributed by atoms with Gasteiger partial charge in [0.05, 0.1) is 32.8 Å². The van der Waals surface area contributed by atoms with Crippen LogP contribution in [0.5, 0.6) is 0 Å². The van der Waals surface area contributed by atoms with Gasteiger partial charge >= 0.3 is 5.97 Å². The third-order valence-corrected chi connectivity index (χ3v) is 6.56. The number of amides is 2. The molecule has 0 atom stereocenters. The highest BCUT2D eigenvalue weighted by Crippen LogP contribution is 2.36. The summed E-state index contributed by atoms with van der Waals surface area (Å²) in [4.78, 5) is 38.6. The van der Waals surface area contributed by atoms with Crippen molar-refractivity contribution in [1.82, 2.24) is 0 Å². The monoisotopic (exact) mass is 490 g/mol. The molecule has 3 aromatic rings. The van der Waals surface area contributed by atoms with Crippen molar-refractivity contribution in [3.63, 3.8) is 0 Å². The van der Waals surface area contributed by atoms with Crippen molar-refractivity contribution in [3.8, 4) is 0 Å². The van der Waals surface area contributed by atoms with Crippen molar-refractivity contribution in [1.29, 1.82) is 0 Å². The molecule has 166 valence electrons. The maximum Gasteiger partial charge on any atom is 0.341 e. The Morgan fingerprint density at radius 2 is 1.72 bits per heavy atom. The van der Waals surface area contributed by atoms with Crippen molar-refractivity contribution in [2.24, 2.45) is 0 Å². The predicted molar refractivity (Wildman–Crippen MR) is 129 cm³/mol. The number of carbonyl (C=O) groups is 3. The van der Waals surface area contributed by atoms with Crippen LogP contribution in [0, 0.1) is 13.8 Å². The highest BCUT2D eigenvalue weighted by Gasteiger charge is 2.27. The largest absolute Gasteiger partial charge is 0.462 e. The van der Waals surface area contributed by atoms with Gasteiger partial charge in [0, 0.05) is 5.56 Å². The molecule has 0 aliphatic rings. The summed E-state index contributed by atoms with van der Waals surface area (Å²) in [5.41, 5.74) is 2.22. The summed E-state index contributed by atoms with van der Waals surface area (Å²) in [5.74, 6) is -1.51. The zero-order valence-corrected chi connectivity index (χ0v) is 19.9. The van der Waals surface area contributed by atoms with E-state index in [0.717, 1.165) is 16.9 Å². The molecule has 0 saturated carbocycles. The summed E-state index contributed by atoms with van der Waals surface area (Å²) in [6, 6.07) is 11.9. The first-order valence-corrected chi connectivity index (χ1v) is 11.2. The lowest BCUT2D eigenvalue weighted by molar-refractivity contribution is 0.0527. The Balaban J connectivity index is 1.97. The molecule has 2 aromatic carbocycles. The number of anilines is 2. The summed E-state index contributed by atoms with van der Waals surface area (Å²) >= 11 is 13.2. The molecule has 0 aliphatic heterocycles. The second-order valence-corrected chi connectivity index (χ2v) is 8.67. The number of aryl methyl sites for hydroxylation is 1. The number of esters is 1. The number of thiophene rings is 1. The van der Waals surface area contributed by atoms with E-state index < -0.39 is 17.8 Å². The Labute approximate surface area is 199 Å². The van der Waals surface area contributed by atoms with Gasteiger partial charge in [0.1, 0.15) is 5.00 Å². The zero-order chi connectivity index (χ0) is 23.4. The molecular weight excluding hydrogens is 471 g/mol. The molecule has 1 aromatic heterocycles. The molecule has 0 saturated heterocycles. The van der Waals surface area contributed by atoms with Gasteiger partial charge in [-0.2, -0.15) is 0 Å². The lowest BCUT2D eigenvalue weighted by Gasteiger charge is -2.08. The molecule has 0 bridgehead atoms. The number of nitrogens with one attached hydrogen (secondary N) is 2. The minimum Gasteiger partial charge on any atom is -0.462 e. The van der Waals surface area contributed by atoms with Crippen molar-refractivity contribution in [2.75, 3.05) is 17.2 Å². The average molecular weight is 491 g/mol. The molecule has 0 radical (unpaired) electrons. The van der Waals surface area contributed by atoms with Crippen LogP contribution in [-0.4, -0.2) is 24.4 Å². The summed E-state index contributed by atoms with van der Waals surface area (Å²) in [7, 11) is 0. The van der Waals surface area contributed by atoms with Crippen molar-refractivity contribution in [2.45, 2.75) is 20.8 Å². The molecule has 2 N–H and O–H groups in total. The highest BCUT2D eigenvalue weighted by molar-refractivity contribution is 7.19. The van der Waals surface area contributed by atoms with E-state index in [1.54, 1.807) is 50.2 Å². The van der Waals surface area contributed by atoms with Crippen LogP contribution in [0.15, 0.2) is 42.5 Å². The second-order valence-electron chi connectivity index (χ2n) is 6.86. The average Bonchev–Trinajstić information content (AvgIpc) is 3.07. The molecule has 0 fully saturated rings. The molecule has 0 aliphatic carbocycles. The van der Waals surface area contributed by atoms with Gasteiger partial charge in [-0.15, -0.1) is 11.3 Å². The van der Waals surface area contributed by atoms with Crippen molar-refractivity contribution >= 4 is 63.0 Å². The molecule has 2 amide bonds. The highest BCUT2D eigenvalue weighted by atomic mass is 35.5. The van der Waals surface area contributed by atoms with E-state index in [0.29, 0.717) is 21.8 Å². The Morgan fingerprint density at radius 3 is 2.41 bits per heavy atom.